The molecule has 2 nitrogen and oxygen atoms in total. The van der Waals surface area contributed by atoms with Gasteiger partial charge in [-0.3, -0.25) is 4.79 Å². The van der Waals surface area contributed by atoms with Crippen LogP contribution in [0.3, 0.4) is 0 Å². The van der Waals surface area contributed by atoms with Gasteiger partial charge in [-0.25, -0.2) is 0 Å². The van der Waals surface area contributed by atoms with Crippen molar-refractivity contribution in [2.24, 2.45) is 16.7 Å². The highest BCUT2D eigenvalue weighted by Crippen LogP contribution is 2.67. The van der Waals surface area contributed by atoms with Gasteiger partial charge in [0, 0.05) is 6.54 Å². The van der Waals surface area contributed by atoms with Crippen molar-refractivity contribution in [2.45, 2.75) is 34.6 Å². The van der Waals surface area contributed by atoms with Gasteiger partial charge in [-0.1, -0.05) is 27.7 Å². The van der Waals surface area contributed by atoms with Crippen LogP contribution in [0.5, 0.6) is 0 Å². The van der Waals surface area contributed by atoms with Crippen molar-refractivity contribution in [1.29, 1.82) is 0 Å². The van der Waals surface area contributed by atoms with Crippen LogP contribution in [0.25, 0.3) is 0 Å². The van der Waals surface area contributed by atoms with Crippen LogP contribution < -0.4 is 5.32 Å². The third-order valence-corrected chi connectivity index (χ3v) is 7.00. The van der Waals surface area contributed by atoms with Crippen molar-refractivity contribution in [3.05, 3.63) is 20.3 Å². The summed E-state index contributed by atoms with van der Waals surface area (Å²) in [5, 5.41) is 3.06. The Hall–Kier alpha value is -0.350. The number of nitrogens with one attached hydrogen (secondary N) is 1. The highest BCUT2D eigenvalue weighted by molar-refractivity contribution is 9.11. The number of carbonyl (C=O) groups excluding carboxylic acids is 1. The zero-order valence-corrected chi connectivity index (χ0v) is 14.0. The van der Waals surface area contributed by atoms with E-state index in [9.17, 15) is 4.79 Å². The van der Waals surface area contributed by atoms with Gasteiger partial charge in [-0.2, -0.15) is 0 Å². The maximum atomic E-state index is 12.0. The normalized spacial score (nSPS) is 20.8. The summed E-state index contributed by atoms with van der Waals surface area (Å²) in [6.45, 7) is 11.9. The van der Waals surface area contributed by atoms with Crippen LogP contribution in [0, 0.1) is 23.7 Å². The Labute approximate surface area is 121 Å². The minimum atomic E-state index is 0.0484. The number of hydrogen-bond acceptors (Lipinski definition) is 2. The van der Waals surface area contributed by atoms with Gasteiger partial charge in [0.2, 0.25) is 0 Å². The van der Waals surface area contributed by atoms with Gasteiger partial charge in [-0.15, -0.1) is 11.3 Å². The molecule has 1 aromatic rings. The standard InChI is InChI=1S/C14H20BrNOS/c1-8-6-9(18-11(8)15)12(17)16-7-10-13(2,3)14(10,4)5/h6,10H,7H2,1-5H3,(H,16,17). The smallest absolute Gasteiger partial charge is 0.261 e. The van der Waals surface area contributed by atoms with Crippen molar-refractivity contribution in [2.75, 3.05) is 6.54 Å². The van der Waals surface area contributed by atoms with Crippen molar-refractivity contribution in [3.8, 4) is 0 Å². The number of thiophene rings is 1. The largest absolute Gasteiger partial charge is 0.351 e. The maximum absolute atomic E-state index is 12.0. The van der Waals surface area contributed by atoms with Gasteiger partial charge in [0.15, 0.2) is 0 Å². The van der Waals surface area contributed by atoms with Crippen LogP contribution in [-0.4, -0.2) is 12.5 Å². The molecule has 1 N–H and O–H groups in total. The zero-order chi connectivity index (χ0) is 13.7. The summed E-state index contributed by atoms with van der Waals surface area (Å²) in [5.41, 5.74) is 1.77. The molecule has 1 amide bonds. The lowest BCUT2D eigenvalue weighted by atomic mass is 10.0. The third-order valence-electron chi connectivity index (χ3n) is 4.87. The Morgan fingerprint density at radius 3 is 2.33 bits per heavy atom. The number of aryl methyl sites for hydroxylation is 1. The molecule has 1 heterocycles. The third kappa shape index (κ3) is 2.14. The fourth-order valence-corrected chi connectivity index (χ4v) is 4.15. The number of hydrogen-bond donors (Lipinski definition) is 1. The Morgan fingerprint density at radius 1 is 1.39 bits per heavy atom. The lowest BCUT2D eigenvalue weighted by Crippen LogP contribution is -2.26. The second-order valence-electron chi connectivity index (χ2n) is 6.27. The fourth-order valence-electron chi connectivity index (χ4n) is 2.70. The van der Waals surface area contributed by atoms with E-state index in [1.54, 1.807) is 0 Å². The molecule has 0 aliphatic heterocycles. The van der Waals surface area contributed by atoms with Crippen LogP contribution in [0.1, 0.15) is 42.9 Å². The summed E-state index contributed by atoms with van der Waals surface area (Å²) >= 11 is 4.95. The van der Waals surface area contributed by atoms with Crippen molar-refractivity contribution in [3.63, 3.8) is 0 Å². The van der Waals surface area contributed by atoms with Crippen molar-refractivity contribution < 1.29 is 4.79 Å². The van der Waals surface area contributed by atoms with Crippen molar-refractivity contribution >= 4 is 33.2 Å². The van der Waals surface area contributed by atoms with Gasteiger partial charge in [0.1, 0.15) is 0 Å². The van der Waals surface area contributed by atoms with E-state index >= 15 is 0 Å². The average molecular weight is 330 g/mol. The van der Waals surface area contributed by atoms with E-state index in [4.69, 9.17) is 0 Å². The first-order chi connectivity index (χ1) is 8.18. The second kappa shape index (κ2) is 4.34. The average Bonchev–Trinajstić information content (AvgIpc) is 2.55. The van der Waals surface area contributed by atoms with Crippen LogP contribution in [-0.2, 0) is 0 Å². The Morgan fingerprint density at radius 2 is 1.94 bits per heavy atom. The molecule has 0 atom stereocenters. The van der Waals surface area contributed by atoms with Crippen LogP contribution in [0.2, 0.25) is 0 Å². The lowest BCUT2D eigenvalue weighted by Gasteiger charge is -2.04. The summed E-state index contributed by atoms with van der Waals surface area (Å²) in [7, 11) is 0. The molecule has 0 bridgehead atoms. The lowest BCUT2D eigenvalue weighted by molar-refractivity contribution is 0.0954. The van der Waals surface area contributed by atoms with E-state index in [2.05, 4.69) is 48.9 Å². The molecule has 1 fully saturated rings. The number of amides is 1. The molecular formula is C14H20BrNOS. The van der Waals surface area contributed by atoms with Crippen molar-refractivity contribution in [1.82, 2.24) is 5.32 Å². The first-order valence-electron chi connectivity index (χ1n) is 6.22. The number of halogens is 1. The molecule has 100 valence electrons. The first kappa shape index (κ1) is 14.1. The summed E-state index contributed by atoms with van der Waals surface area (Å²) < 4.78 is 1.04. The summed E-state index contributed by atoms with van der Waals surface area (Å²) in [5.74, 6) is 0.616. The highest BCUT2D eigenvalue weighted by Gasteiger charge is 2.64. The van der Waals surface area contributed by atoms with Gasteiger partial charge < -0.3 is 5.32 Å². The van der Waals surface area contributed by atoms with E-state index in [0.717, 1.165) is 20.8 Å². The fraction of sp³-hybridized carbons (Fsp3) is 0.643. The molecule has 1 aromatic heterocycles. The molecule has 0 radical (unpaired) electrons. The molecule has 1 aliphatic rings. The summed E-state index contributed by atoms with van der Waals surface area (Å²) in [4.78, 5) is 12.8. The van der Waals surface area contributed by atoms with E-state index in [0.29, 0.717) is 16.7 Å². The quantitative estimate of drug-likeness (QED) is 0.883. The second-order valence-corrected chi connectivity index (χ2v) is 8.64. The molecular weight excluding hydrogens is 310 g/mol. The molecule has 0 unspecified atom stereocenters. The van der Waals surface area contributed by atoms with Gasteiger partial charge in [0.25, 0.3) is 5.91 Å². The highest BCUT2D eigenvalue weighted by atomic mass is 79.9. The number of rotatable bonds is 3. The van der Waals surface area contributed by atoms with Crippen LogP contribution in [0.4, 0.5) is 0 Å². The minimum absolute atomic E-state index is 0.0484. The molecule has 1 aliphatic carbocycles. The van der Waals surface area contributed by atoms with E-state index < -0.39 is 0 Å². The monoisotopic (exact) mass is 329 g/mol. The van der Waals surface area contributed by atoms with E-state index in [1.165, 1.54) is 11.3 Å². The van der Waals surface area contributed by atoms with E-state index in [-0.39, 0.29) is 5.91 Å². The first-order valence-corrected chi connectivity index (χ1v) is 7.83. The minimum Gasteiger partial charge on any atom is -0.351 e. The topological polar surface area (TPSA) is 29.1 Å². The molecule has 2 rings (SSSR count). The van der Waals surface area contributed by atoms with Gasteiger partial charge in [0.05, 0.1) is 8.66 Å². The van der Waals surface area contributed by atoms with Crippen LogP contribution >= 0.6 is 27.3 Å². The molecule has 1 saturated carbocycles. The Kier molecular flexibility index (Phi) is 3.39. The predicted octanol–water partition coefficient (Wildman–Crippen LogP) is 4.23. The molecule has 18 heavy (non-hydrogen) atoms. The Balaban J connectivity index is 1.94. The Bertz CT molecular complexity index is 456. The summed E-state index contributed by atoms with van der Waals surface area (Å²) in [6, 6.07) is 1.94. The van der Waals surface area contributed by atoms with E-state index in [1.807, 2.05) is 13.0 Å². The molecule has 0 aromatic carbocycles. The molecule has 0 spiro atoms. The predicted molar refractivity (Wildman–Crippen MR) is 80.1 cm³/mol. The SMILES string of the molecule is Cc1cc(C(=O)NCC2C(C)(C)C2(C)C)sc1Br. The van der Waals surface area contributed by atoms with Gasteiger partial charge >= 0.3 is 0 Å². The molecule has 0 saturated heterocycles. The van der Waals surface area contributed by atoms with Gasteiger partial charge in [-0.05, 0) is 51.2 Å². The molecule has 4 heteroatoms. The summed E-state index contributed by atoms with van der Waals surface area (Å²) in [6.07, 6.45) is 0. The maximum Gasteiger partial charge on any atom is 0.261 e. The zero-order valence-electron chi connectivity index (χ0n) is 11.6. The number of carbonyl (C=O) groups is 1. The van der Waals surface area contributed by atoms with Crippen LogP contribution in [0.15, 0.2) is 9.85 Å².